The molecule has 0 fully saturated rings. The summed E-state index contributed by atoms with van der Waals surface area (Å²) in [6.07, 6.45) is 10.6. The van der Waals surface area contributed by atoms with Gasteiger partial charge in [0.2, 0.25) is 0 Å². The monoisotopic (exact) mass is 131 g/mol. The molecule has 10 heavy (non-hydrogen) atoms. The molecule has 1 heterocycles. The maximum atomic E-state index is 4.10. The number of allylic oxidation sites excluding steroid dienone is 3. The highest BCUT2D eigenvalue weighted by Crippen LogP contribution is 2.17. The van der Waals surface area contributed by atoms with Gasteiger partial charge in [-0.05, 0) is 6.42 Å². The Balaban J connectivity index is 2.39. The first-order valence-electron chi connectivity index (χ1n) is 3.26. The molecule has 0 spiro atoms. The number of hydrogen-bond donors (Lipinski definition) is 0. The first-order chi connectivity index (χ1) is 4.97. The van der Waals surface area contributed by atoms with E-state index in [1.165, 1.54) is 0 Å². The van der Waals surface area contributed by atoms with Crippen molar-refractivity contribution in [1.29, 1.82) is 0 Å². The zero-order chi connectivity index (χ0) is 6.81. The molecule has 0 amide bonds. The van der Waals surface area contributed by atoms with Crippen molar-refractivity contribution in [3.8, 4) is 0 Å². The molecule has 2 heteroatoms. The van der Waals surface area contributed by atoms with Crippen LogP contribution in [0.2, 0.25) is 0 Å². The van der Waals surface area contributed by atoms with Crippen LogP contribution >= 0.6 is 0 Å². The number of rotatable bonds is 0. The van der Waals surface area contributed by atoms with E-state index in [-0.39, 0.29) is 0 Å². The van der Waals surface area contributed by atoms with Gasteiger partial charge in [-0.2, -0.15) is 0 Å². The average molecular weight is 131 g/mol. The number of hydrogen-bond acceptors (Lipinski definition) is 1. The second kappa shape index (κ2) is 2.14. The molecule has 2 rings (SSSR count). The van der Waals surface area contributed by atoms with Crippen LogP contribution in [-0.2, 0) is 0 Å². The van der Waals surface area contributed by atoms with E-state index in [9.17, 15) is 0 Å². The van der Waals surface area contributed by atoms with Crippen molar-refractivity contribution in [2.24, 2.45) is 4.99 Å². The summed E-state index contributed by atoms with van der Waals surface area (Å²) >= 11 is 0. The van der Waals surface area contributed by atoms with Crippen molar-refractivity contribution in [1.82, 2.24) is 5.32 Å². The summed E-state index contributed by atoms with van der Waals surface area (Å²) in [5.41, 5.74) is 2.17. The van der Waals surface area contributed by atoms with Gasteiger partial charge in [0, 0.05) is 11.8 Å². The largest absolute Gasteiger partial charge is 0.244 e. The van der Waals surface area contributed by atoms with Gasteiger partial charge in [0.1, 0.15) is 6.34 Å². The Morgan fingerprint density at radius 3 is 3.30 bits per heavy atom. The summed E-state index contributed by atoms with van der Waals surface area (Å²) in [6, 6.07) is 0. The molecule has 0 bridgehead atoms. The SMILES string of the molecule is C1=CC2=CN=C[N]C2=CC1. The van der Waals surface area contributed by atoms with Gasteiger partial charge in [0.25, 0.3) is 0 Å². The molecule has 49 valence electrons. The first-order valence-corrected chi connectivity index (χ1v) is 3.26. The van der Waals surface area contributed by atoms with E-state index in [0.717, 1.165) is 17.7 Å². The third kappa shape index (κ3) is 0.778. The highest BCUT2D eigenvalue weighted by Gasteiger charge is 2.06. The molecule has 0 saturated carbocycles. The molecule has 0 atom stereocenters. The molecule has 0 aromatic rings. The molecular formula is C8H7N2. The van der Waals surface area contributed by atoms with Gasteiger partial charge in [0.15, 0.2) is 0 Å². The lowest BCUT2D eigenvalue weighted by Gasteiger charge is -2.10. The van der Waals surface area contributed by atoms with Crippen molar-refractivity contribution >= 4 is 6.34 Å². The number of aliphatic imine (C=N–C) groups is 1. The highest BCUT2D eigenvalue weighted by molar-refractivity contribution is 5.65. The number of fused-ring (bicyclic) bond motifs is 1. The average Bonchev–Trinajstić information content (AvgIpc) is 2.05. The van der Waals surface area contributed by atoms with Gasteiger partial charge >= 0.3 is 0 Å². The van der Waals surface area contributed by atoms with Crippen LogP contribution in [0.25, 0.3) is 0 Å². The van der Waals surface area contributed by atoms with E-state index in [2.05, 4.69) is 28.5 Å². The molecule has 0 aromatic heterocycles. The summed E-state index contributed by atoms with van der Waals surface area (Å²) in [4.78, 5) is 3.92. The summed E-state index contributed by atoms with van der Waals surface area (Å²) in [7, 11) is 0. The van der Waals surface area contributed by atoms with Gasteiger partial charge in [-0.25, -0.2) is 10.3 Å². The van der Waals surface area contributed by atoms with E-state index >= 15 is 0 Å². The van der Waals surface area contributed by atoms with Crippen molar-refractivity contribution in [2.45, 2.75) is 6.42 Å². The summed E-state index contributed by atoms with van der Waals surface area (Å²) in [5, 5.41) is 4.10. The molecule has 0 aromatic carbocycles. The van der Waals surface area contributed by atoms with Crippen LogP contribution < -0.4 is 5.32 Å². The second-order valence-electron chi connectivity index (χ2n) is 2.21. The van der Waals surface area contributed by atoms with E-state index in [4.69, 9.17) is 0 Å². The minimum Gasteiger partial charge on any atom is -0.244 e. The van der Waals surface area contributed by atoms with Crippen molar-refractivity contribution < 1.29 is 0 Å². The third-order valence-corrected chi connectivity index (χ3v) is 1.52. The fourth-order valence-electron chi connectivity index (χ4n) is 1.02. The van der Waals surface area contributed by atoms with Gasteiger partial charge in [0.05, 0.1) is 5.70 Å². The molecule has 0 saturated heterocycles. The van der Waals surface area contributed by atoms with E-state index in [1.54, 1.807) is 6.34 Å². The Bertz CT molecular complexity index is 256. The van der Waals surface area contributed by atoms with Crippen molar-refractivity contribution in [3.05, 3.63) is 35.7 Å². The van der Waals surface area contributed by atoms with Crippen LogP contribution in [-0.4, -0.2) is 6.34 Å². The predicted molar refractivity (Wildman–Crippen MR) is 40.5 cm³/mol. The van der Waals surface area contributed by atoms with Gasteiger partial charge in [-0.15, -0.1) is 0 Å². The lowest BCUT2D eigenvalue weighted by Crippen LogP contribution is -2.08. The fraction of sp³-hybridized carbons (Fsp3) is 0.125. The van der Waals surface area contributed by atoms with Crippen LogP contribution in [0.4, 0.5) is 0 Å². The van der Waals surface area contributed by atoms with E-state index in [0.29, 0.717) is 0 Å². The standard InChI is InChI=1S/C8H7N2/c1-2-4-8-7(3-1)5-9-6-10-8/h1,3-6H,2H2. The van der Waals surface area contributed by atoms with E-state index < -0.39 is 0 Å². The van der Waals surface area contributed by atoms with Gasteiger partial charge in [-0.3, -0.25) is 0 Å². The fourth-order valence-corrected chi connectivity index (χ4v) is 1.02. The Labute approximate surface area is 59.7 Å². The number of nitrogens with zero attached hydrogens (tertiary/aromatic N) is 2. The topological polar surface area (TPSA) is 26.5 Å². The smallest absolute Gasteiger partial charge is 0.116 e. The van der Waals surface area contributed by atoms with Gasteiger partial charge in [-0.1, -0.05) is 18.2 Å². The zero-order valence-corrected chi connectivity index (χ0v) is 5.49. The van der Waals surface area contributed by atoms with Crippen LogP contribution in [0.3, 0.4) is 0 Å². The zero-order valence-electron chi connectivity index (χ0n) is 5.49. The van der Waals surface area contributed by atoms with Crippen LogP contribution in [0.5, 0.6) is 0 Å². The Morgan fingerprint density at radius 2 is 2.40 bits per heavy atom. The van der Waals surface area contributed by atoms with Crippen LogP contribution in [0, 0.1) is 0 Å². The minimum atomic E-state index is 0.990. The Hall–Kier alpha value is -1.31. The molecule has 1 radical (unpaired) electrons. The van der Waals surface area contributed by atoms with Crippen LogP contribution in [0.15, 0.2) is 40.7 Å². The highest BCUT2D eigenvalue weighted by atomic mass is 15.0. The second-order valence-corrected chi connectivity index (χ2v) is 2.21. The van der Waals surface area contributed by atoms with Crippen molar-refractivity contribution in [3.63, 3.8) is 0 Å². The third-order valence-electron chi connectivity index (χ3n) is 1.52. The lowest BCUT2D eigenvalue weighted by molar-refractivity contribution is 1.07. The molecule has 0 N–H and O–H groups in total. The molecule has 2 aliphatic rings. The summed E-state index contributed by atoms with van der Waals surface area (Å²) in [5.74, 6) is 0. The predicted octanol–water partition coefficient (Wildman–Crippen LogP) is 1.36. The molecular weight excluding hydrogens is 124 g/mol. The Kier molecular flexibility index (Phi) is 1.17. The van der Waals surface area contributed by atoms with Gasteiger partial charge < -0.3 is 0 Å². The molecule has 1 aliphatic carbocycles. The maximum Gasteiger partial charge on any atom is 0.116 e. The van der Waals surface area contributed by atoms with Crippen molar-refractivity contribution in [2.75, 3.05) is 0 Å². The molecule has 0 unspecified atom stereocenters. The first kappa shape index (κ1) is 5.47. The maximum absolute atomic E-state index is 4.10. The van der Waals surface area contributed by atoms with E-state index in [1.807, 2.05) is 6.20 Å². The quantitative estimate of drug-likeness (QED) is 0.474. The normalized spacial score (nSPS) is 20.8. The summed E-state index contributed by atoms with van der Waals surface area (Å²) < 4.78 is 0. The summed E-state index contributed by atoms with van der Waals surface area (Å²) in [6.45, 7) is 0. The minimum absolute atomic E-state index is 0.990. The Morgan fingerprint density at radius 1 is 1.40 bits per heavy atom. The van der Waals surface area contributed by atoms with Crippen LogP contribution in [0.1, 0.15) is 6.42 Å². The molecule has 2 nitrogen and oxygen atoms in total. The lowest BCUT2D eigenvalue weighted by atomic mass is 10.1. The molecule has 1 aliphatic heterocycles.